The van der Waals surface area contributed by atoms with Crippen LogP contribution < -0.4 is 20.5 Å². The van der Waals surface area contributed by atoms with Gasteiger partial charge in [-0.2, -0.15) is 0 Å². The number of ether oxygens (including phenoxy) is 2. The van der Waals surface area contributed by atoms with Crippen molar-refractivity contribution < 1.29 is 19.1 Å². The summed E-state index contributed by atoms with van der Waals surface area (Å²) in [5.41, 5.74) is 7.22. The van der Waals surface area contributed by atoms with Gasteiger partial charge in [-0.1, -0.05) is 23.8 Å². The standard InChI is InChI=1S/C21H19N3O4/c1-14-5-8-17(9-6-14)27-13-19(25)24-16-7-10-20(23-12-16)28-18-4-2-3-15(11-18)21(22)26/h2-12H,13H2,1H3,(H2,22,26)(H,24,25). The van der Waals surface area contributed by atoms with Crippen molar-refractivity contribution in [1.29, 1.82) is 0 Å². The summed E-state index contributed by atoms with van der Waals surface area (Å²) in [6.45, 7) is 1.87. The topological polar surface area (TPSA) is 104 Å². The summed E-state index contributed by atoms with van der Waals surface area (Å²) in [6, 6.07) is 17.2. The molecule has 0 bridgehead atoms. The number of pyridine rings is 1. The van der Waals surface area contributed by atoms with Crippen LogP contribution in [0.3, 0.4) is 0 Å². The summed E-state index contributed by atoms with van der Waals surface area (Å²) in [7, 11) is 0. The number of carbonyl (C=O) groups excluding carboxylic acids is 2. The van der Waals surface area contributed by atoms with Crippen molar-refractivity contribution in [1.82, 2.24) is 4.98 Å². The van der Waals surface area contributed by atoms with Crippen molar-refractivity contribution in [3.63, 3.8) is 0 Å². The molecular formula is C21H19N3O4. The Morgan fingerprint density at radius 3 is 2.50 bits per heavy atom. The van der Waals surface area contributed by atoms with Gasteiger partial charge in [0.15, 0.2) is 6.61 Å². The lowest BCUT2D eigenvalue weighted by Crippen LogP contribution is -2.20. The highest BCUT2D eigenvalue weighted by atomic mass is 16.5. The Labute approximate surface area is 162 Å². The number of carbonyl (C=O) groups is 2. The van der Waals surface area contributed by atoms with Crippen LogP contribution in [0.25, 0.3) is 0 Å². The van der Waals surface area contributed by atoms with Gasteiger partial charge in [-0.15, -0.1) is 0 Å². The molecule has 0 saturated heterocycles. The molecule has 0 aliphatic rings. The predicted octanol–water partition coefficient (Wildman–Crippen LogP) is 3.30. The van der Waals surface area contributed by atoms with E-state index in [9.17, 15) is 9.59 Å². The average Bonchev–Trinajstić information content (AvgIpc) is 2.69. The molecule has 3 rings (SSSR count). The molecule has 0 radical (unpaired) electrons. The summed E-state index contributed by atoms with van der Waals surface area (Å²) in [5.74, 6) is 0.540. The van der Waals surface area contributed by atoms with Crippen LogP contribution in [0.1, 0.15) is 15.9 Å². The molecule has 7 heteroatoms. The number of benzene rings is 2. The molecule has 0 unspecified atom stereocenters. The van der Waals surface area contributed by atoms with Crippen molar-refractivity contribution in [2.75, 3.05) is 11.9 Å². The first-order chi connectivity index (χ1) is 13.5. The molecule has 3 aromatic rings. The SMILES string of the molecule is Cc1ccc(OCC(=O)Nc2ccc(Oc3cccc(C(N)=O)c3)nc2)cc1. The number of nitrogens with one attached hydrogen (secondary N) is 1. The van der Waals surface area contributed by atoms with Gasteiger partial charge in [0.05, 0.1) is 11.9 Å². The predicted molar refractivity (Wildman–Crippen MR) is 105 cm³/mol. The monoisotopic (exact) mass is 377 g/mol. The van der Waals surface area contributed by atoms with Gasteiger partial charge in [0, 0.05) is 11.6 Å². The minimum atomic E-state index is -0.538. The number of hydrogen-bond donors (Lipinski definition) is 2. The van der Waals surface area contributed by atoms with Gasteiger partial charge in [0.1, 0.15) is 11.5 Å². The summed E-state index contributed by atoms with van der Waals surface area (Å²) in [4.78, 5) is 27.3. The Morgan fingerprint density at radius 1 is 1.04 bits per heavy atom. The van der Waals surface area contributed by atoms with E-state index in [1.807, 2.05) is 31.2 Å². The van der Waals surface area contributed by atoms with Gasteiger partial charge < -0.3 is 20.5 Å². The lowest BCUT2D eigenvalue weighted by molar-refractivity contribution is -0.118. The third-order valence-corrected chi connectivity index (χ3v) is 3.75. The van der Waals surface area contributed by atoms with Gasteiger partial charge in [0.2, 0.25) is 11.8 Å². The van der Waals surface area contributed by atoms with E-state index in [0.717, 1.165) is 5.56 Å². The molecule has 28 heavy (non-hydrogen) atoms. The number of hydrogen-bond acceptors (Lipinski definition) is 5. The van der Waals surface area contributed by atoms with Crippen LogP contribution in [-0.4, -0.2) is 23.4 Å². The zero-order valence-electron chi connectivity index (χ0n) is 15.2. The molecule has 1 aromatic heterocycles. The second-order valence-electron chi connectivity index (χ2n) is 6.03. The first-order valence-electron chi connectivity index (χ1n) is 8.53. The molecule has 0 saturated carbocycles. The lowest BCUT2D eigenvalue weighted by Gasteiger charge is -2.09. The van der Waals surface area contributed by atoms with Gasteiger partial charge in [0.25, 0.3) is 5.91 Å². The van der Waals surface area contributed by atoms with Gasteiger partial charge in [-0.25, -0.2) is 4.98 Å². The fourth-order valence-corrected chi connectivity index (χ4v) is 2.33. The number of nitrogens with two attached hydrogens (primary N) is 1. The number of aryl methyl sites for hydroxylation is 1. The number of rotatable bonds is 7. The van der Waals surface area contributed by atoms with E-state index in [4.69, 9.17) is 15.2 Å². The number of amides is 2. The number of aromatic nitrogens is 1. The minimum Gasteiger partial charge on any atom is -0.484 e. The minimum absolute atomic E-state index is 0.110. The van der Waals surface area contributed by atoms with E-state index < -0.39 is 5.91 Å². The highest BCUT2D eigenvalue weighted by Gasteiger charge is 2.06. The molecule has 2 aromatic carbocycles. The zero-order valence-corrected chi connectivity index (χ0v) is 15.2. The van der Waals surface area contributed by atoms with Crippen LogP contribution in [0, 0.1) is 6.92 Å². The second kappa shape index (κ2) is 8.68. The molecule has 2 amide bonds. The average molecular weight is 377 g/mol. The van der Waals surface area contributed by atoms with Crippen LogP contribution in [0.2, 0.25) is 0 Å². The lowest BCUT2D eigenvalue weighted by atomic mass is 10.2. The van der Waals surface area contributed by atoms with Gasteiger partial charge in [-0.3, -0.25) is 9.59 Å². The normalized spacial score (nSPS) is 10.2. The van der Waals surface area contributed by atoms with Crippen molar-refractivity contribution >= 4 is 17.5 Å². The van der Waals surface area contributed by atoms with Crippen LogP contribution in [0.15, 0.2) is 66.9 Å². The molecule has 0 atom stereocenters. The van der Waals surface area contributed by atoms with Crippen LogP contribution in [-0.2, 0) is 4.79 Å². The molecule has 142 valence electrons. The maximum atomic E-state index is 12.0. The molecule has 0 fully saturated rings. The van der Waals surface area contributed by atoms with E-state index in [2.05, 4.69) is 10.3 Å². The van der Waals surface area contributed by atoms with E-state index >= 15 is 0 Å². The first kappa shape index (κ1) is 18.9. The second-order valence-corrected chi connectivity index (χ2v) is 6.03. The third-order valence-electron chi connectivity index (χ3n) is 3.75. The van der Waals surface area contributed by atoms with Crippen LogP contribution in [0.4, 0.5) is 5.69 Å². The molecule has 0 aliphatic heterocycles. The van der Waals surface area contributed by atoms with E-state index in [0.29, 0.717) is 28.6 Å². The first-order valence-corrected chi connectivity index (χ1v) is 8.53. The Bertz CT molecular complexity index is 970. The summed E-state index contributed by atoms with van der Waals surface area (Å²) >= 11 is 0. The highest BCUT2D eigenvalue weighted by Crippen LogP contribution is 2.21. The van der Waals surface area contributed by atoms with Gasteiger partial charge >= 0.3 is 0 Å². The third kappa shape index (κ3) is 5.31. The van der Waals surface area contributed by atoms with Crippen LogP contribution >= 0.6 is 0 Å². The van der Waals surface area contributed by atoms with Crippen molar-refractivity contribution in [3.05, 3.63) is 78.0 Å². The Morgan fingerprint density at radius 2 is 1.82 bits per heavy atom. The van der Waals surface area contributed by atoms with E-state index in [1.54, 1.807) is 30.3 Å². The van der Waals surface area contributed by atoms with Crippen LogP contribution in [0.5, 0.6) is 17.4 Å². The number of nitrogens with zero attached hydrogens (tertiary/aromatic N) is 1. The maximum absolute atomic E-state index is 12.0. The zero-order chi connectivity index (χ0) is 19.9. The van der Waals surface area contributed by atoms with Crippen molar-refractivity contribution in [3.8, 4) is 17.4 Å². The molecule has 7 nitrogen and oxygen atoms in total. The molecule has 1 heterocycles. The van der Waals surface area contributed by atoms with Gasteiger partial charge in [-0.05, 0) is 43.3 Å². The summed E-state index contributed by atoms with van der Waals surface area (Å²) in [5, 5.41) is 2.70. The fraction of sp³-hybridized carbons (Fsp3) is 0.0952. The highest BCUT2D eigenvalue weighted by molar-refractivity contribution is 5.93. The smallest absolute Gasteiger partial charge is 0.262 e. The van der Waals surface area contributed by atoms with E-state index in [1.165, 1.54) is 12.3 Å². The quantitative estimate of drug-likeness (QED) is 0.657. The Balaban J connectivity index is 1.53. The number of primary amides is 1. The van der Waals surface area contributed by atoms with Crippen molar-refractivity contribution in [2.45, 2.75) is 6.92 Å². The largest absolute Gasteiger partial charge is 0.484 e. The Kier molecular flexibility index (Phi) is 5.86. The molecule has 0 aliphatic carbocycles. The van der Waals surface area contributed by atoms with Crippen molar-refractivity contribution in [2.24, 2.45) is 5.73 Å². The fourth-order valence-electron chi connectivity index (χ4n) is 2.33. The number of anilines is 1. The summed E-state index contributed by atoms with van der Waals surface area (Å²) < 4.78 is 11.0. The molecule has 3 N–H and O–H groups in total. The Hall–Kier alpha value is -3.87. The molecule has 0 spiro atoms. The maximum Gasteiger partial charge on any atom is 0.262 e. The summed E-state index contributed by atoms with van der Waals surface area (Å²) in [6.07, 6.45) is 1.47. The van der Waals surface area contributed by atoms with E-state index in [-0.39, 0.29) is 12.5 Å². The molecular weight excluding hydrogens is 358 g/mol.